The fourth-order valence-corrected chi connectivity index (χ4v) is 1.84. The van der Waals surface area contributed by atoms with Gasteiger partial charge in [0, 0.05) is 10.6 Å². The molecule has 2 rings (SSSR count). The first-order valence-electron chi connectivity index (χ1n) is 5.01. The molecule has 0 radical (unpaired) electrons. The number of hydrogen-bond donors (Lipinski definition) is 1. The van der Waals surface area contributed by atoms with E-state index >= 15 is 0 Å². The highest BCUT2D eigenvalue weighted by molar-refractivity contribution is 6.35. The molecule has 0 atom stereocenters. The summed E-state index contributed by atoms with van der Waals surface area (Å²) in [6.07, 6.45) is 0. The van der Waals surface area contributed by atoms with Gasteiger partial charge in [-0.1, -0.05) is 41.4 Å². The summed E-state index contributed by atoms with van der Waals surface area (Å²) in [5.41, 5.74) is 0.707. The van der Waals surface area contributed by atoms with E-state index in [1.807, 2.05) is 6.07 Å². The molecule has 2 aromatic carbocycles. The van der Waals surface area contributed by atoms with E-state index in [-0.39, 0.29) is 12.4 Å². The molecule has 2 aromatic rings. The van der Waals surface area contributed by atoms with Crippen molar-refractivity contribution < 1.29 is 9.84 Å². The third kappa shape index (κ3) is 3.05. The molecule has 0 aliphatic rings. The van der Waals surface area contributed by atoms with Crippen molar-refractivity contribution in [2.45, 2.75) is 6.61 Å². The van der Waals surface area contributed by atoms with E-state index in [0.29, 0.717) is 21.4 Å². The van der Waals surface area contributed by atoms with Crippen molar-refractivity contribution in [1.82, 2.24) is 0 Å². The number of rotatable bonds is 3. The Labute approximate surface area is 109 Å². The minimum absolute atomic E-state index is 0.206. The first-order chi connectivity index (χ1) is 8.16. The first-order valence-corrected chi connectivity index (χ1v) is 5.77. The van der Waals surface area contributed by atoms with Crippen LogP contribution in [0.3, 0.4) is 0 Å². The van der Waals surface area contributed by atoms with Crippen LogP contribution in [0.2, 0.25) is 10.0 Å². The summed E-state index contributed by atoms with van der Waals surface area (Å²) in [7, 11) is 0. The minimum Gasteiger partial charge on any atom is -0.508 e. The summed E-state index contributed by atoms with van der Waals surface area (Å²) in [4.78, 5) is 0. The highest BCUT2D eigenvalue weighted by Crippen LogP contribution is 2.28. The molecule has 0 saturated heterocycles. The molecular formula is C13H10Cl2O2. The third-order valence-corrected chi connectivity index (χ3v) is 2.80. The van der Waals surface area contributed by atoms with Crippen LogP contribution in [-0.2, 0) is 6.61 Å². The molecule has 1 N–H and O–H groups in total. The predicted molar refractivity (Wildman–Crippen MR) is 68.9 cm³/mol. The lowest BCUT2D eigenvalue weighted by atomic mass is 10.2. The van der Waals surface area contributed by atoms with Gasteiger partial charge in [0.25, 0.3) is 0 Å². The molecule has 4 heteroatoms. The fourth-order valence-electron chi connectivity index (χ4n) is 1.38. The smallest absolute Gasteiger partial charge is 0.138 e. The molecule has 0 saturated carbocycles. The number of phenolic OH excluding ortho intramolecular Hbond substituents is 1. The van der Waals surface area contributed by atoms with Crippen molar-refractivity contribution in [3.05, 3.63) is 58.1 Å². The Balaban J connectivity index is 2.10. The zero-order valence-corrected chi connectivity index (χ0v) is 10.4. The summed E-state index contributed by atoms with van der Waals surface area (Å²) < 4.78 is 5.51. The predicted octanol–water partition coefficient (Wildman–Crippen LogP) is 4.28. The van der Waals surface area contributed by atoms with Crippen LogP contribution in [0.15, 0.2) is 42.5 Å². The van der Waals surface area contributed by atoms with Gasteiger partial charge in [-0.2, -0.15) is 0 Å². The van der Waals surface area contributed by atoms with Crippen molar-refractivity contribution >= 4 is 23.2 Å². The van der Waals surface area contributed by atoms with Crippen molar-refractivity contribution in [2.24, 2.45) is 0 Å². The lowest BCUT2D eigenvalue weighted by Crippen LogP contribution is -1.96. The van der Waals surface area contributed by atoms with Crippen LogP contribution < -0.4 is 4.74 Å². The molecule has 88 valence electrons. The number of hydrogen-bond acceptors (Lipinski definition) is 2. The van der Waals surface area contributed by atoms with Crippen LogP contribution in [0.5, 0.6) is 11.5 Å². The maximum absolute atomic E-state index is 9.57. The standard InChI is InChI=1S/C13H10Cl2O2/c14-10-5-6-13(11(15)7-10)17-8-9-3-1-2-4-12(9)16/h1-7,16H,8H2. The number of halogens is 2. The van der Waals surface area contributed by atoms with E-state index in [0.717, 1.165) is 0 Å². The molecule has 0 aromatic heterocycles. The Morgan fingerprint density at radius 1 is 1.06 bits per heavy atom. The quantitative estimate of drug-likeness (QED) is 0.901. The van der Waals surface area contributed by atoms with Crippen LogP contribution in [-0.4, -0.2) is 5.11 Å². The molecule has 17 heavy (non-hydrogen) atoms. The first kappa shape index (κ1) is 12.1. The van der Waals surface area contributed by atoms with Gasteiger partial charge in [0.1, 0.15) is 18.1 Å². The monoisotopic (exact) mass is 268 g/mol. The lowest BCUT2D eigenvalue weighted by Gasteiger charge is -2.09. The summed E-state index contributed by atoms with van der Waals surface area (Å²) in [5, 5.41) is 10.6. The number of benzene rings is 2. The van der Waals surface area contributed by atoms with Crippen molar-refractivity contribution in [2.75, 3.05) is 0 Å². The number of phenols is 1. The van der Waals surface area contributed by atoms with E-state index in [2.05, 4.69) is 0 Å². The largest absolute Gasteiger partial charge is 0.508 e. The fraction of sp³-hybridized carbons (Fsp3) is 0.0769. The Hall–Kier alpha value is -1.38. The average molecular weight is 269 g/mol. The molecular weight excluding hydrogens is 259 g/mol. The Morgan fingerprint density at radius 3 is 2.53 bits per heavy atom. The zero-order chi connectivity index (χ0) is 12.3. The molecule has 0 spiro atoms. The molecule has 0 amide bonds. The van der Waals surface area contributed by atoms with E-state index in [4.69, 9.17) is 27.9 Å². The van der Waals surface area contributed by atoms with Gasteiger partial charge in [-0.25, -0.2) is 0 Å². The van der Waals surface area contributed by atoms with Gasteiger partial charge in [0.15, 0.2) is 0 Å². The van der Waals surface area contributed by atoms with Gasteiger partial charge < -0.3 is 9.84 Å². The maximum Gasteiger partial charge on any atom is 0.138 e. The van der Waals surface area contributed by atoms with Crippen LogP contribution >= 0.6 is 23.2 Å². The Kier molecular flexibility index (Phi) is 3.77. The van der Waals surface area contributed by atoms with E-state index in [9.17, 15) is 5.11 Å². The zero-order valence-electron chi connectivity index (χ0n) is 8.86. The lowest BCUT2D eigenvalue weighted by molar-refractivity contribution is 0.299. The van der Waals surface area contributed by atoms with Crippen molar-refractivity contribution in [3.63, 3.8) is 0 Å². The summed E-state index contributed by atoms with van der Waals surface area (Å²) in [5.74, 6) is 0.747. The average Bonchev–Trinajstić information content (AvgIpc) is 2.30. The summed E-state index contributed by atoms with van der Waals surface area (Å²) in [6, 6.07) is 12.0. The van der Waals surface area contributed by atoms with Crippen LogP contribution in [0.1, 0.15) is 5.56 Å². The number of para-hydroxylation sites is 1. The SMILES string of the molecule is Oc1ccccc1COc1ccc(Cl)cc1Cl. The number of aromatic hydroxyl groups is 1. The Morgan fingerprint density at radius 2 is 1.82 bits per heavy atom. The number of ether oxygens (including phenoxy) is 1. The van der Waals surface area contributed by atoms with Crippen LogP contribution in [0.4, 0.5) is 0 Å². The van der Waals surface area contributed by atoms with E-state index in [1.165, 1.54) is 0 Å². The van der Waals surface area contributed by atoms with Crippen LogP contribution in [0, 0.1) is 0 Å². The second kappa shape index (κ2) is 5.30. The molecule has 2 nitrogen and oxygen atoms in total. The topological polar surface area (TPSA) is 29.5 Å². The second-order valence-corrected chi connectivity index (χ2v) is 4.34. The minimum atomic E-state index is 0.206. The molecule has 0 aliphatic heterocycles. The Bertz CT molecular complexity index is 527. The third-order valence-electron chi connectivity index (χ3n) is 2.27. The maximum atomic E-state index is 9.57. The van der Waals surface area contributed by atoms with E-state index in [1.54, 1.807) is 36.4 Å². The highest BCUT2D eigenvalue weighted by atomic mass is 35.5. The molecule has 0 fully saturated rings. The van der Waals surface area contributed by atoms with Gasteiger partial charge in [0.05, 0.1) is 5.02 Å². The molecule has 0 heterocycles. The molecule has 0 unspecified atom stereocenters. The molecule has 0 aliphatic carbocycles. The van der Waals surface area contributed by atoms with Gasteiger partial charge in [-0.15, -0.1) is 0 Å². The van der Waals surface area contributed by atoms with Gasteiger partial charge in [0.2, 0.25) is 0 Å². The van der Waals surface area contributed by atoms with E-state index < -0.39 is 0 Å². The van der Waals surface area contributed by atoms with Gasteiger partial charge in [-0.3, -0.25) is 0 Å². The van der Waals surface area contributed by atoms with Crippen LogP contribution in [0.25, 0.3) is 0 Å². The highest BCUT2D eigenvalue weighted by Gasteiger charge is 2.04. The second-order valence-electron chi connectivity index (χ2n) is 3.49. The summed E-state index contributed by atoms with van der Waals surface area (Å²) in [6.45, 7) is 0.258. The van der Waals surface area contributed by atoms with Gasteiger partial charge >= 0.3 is 0 Å². The van der Waals surface area contributed by atoms with Crippen molar-refractivity contribution in [3.8, 4) is 11.5 Å². The van der Waals surface area contributed by atoms with Crippen molar-refractivity contribution in [1.29, 1.82) is 0 Å². The molecule has 0 bridgehead atoms. The van der Waals surface area contributed by atoms with Gasteiger partial charge in [-0.05, 0) is 24.3 Å². The normalized spacial score (nSPS) is 10.2. The summed E-state index contributed by atoms with van der Waals surface area (Å²) >= 11 is 11.7.